The van der Waals surface area contributed by atoms with E-state index in [1.54, 1.807) is 36.4 Å². The minimum atomic E-state index is -0.231. The SMILES string of the molecule is Cc1cccc(C(=O)c2cc[n+]([O-])c(-c3ccccc3Cl)c2N)c1. The Bertz CT molecular complexity index is 938. The van der Waals surface area contributed by atoms with Gasteiger partial charge in [0.05, 0.1) is 16.1 Å². The van der Waals surface area contributed by atoms with Crippen LogP contribution >= 0.6 is 11.6 Å². The zero-order valence-electron chi connectivity index (χ0n) is 13.0. The molecular formula is C19H15ClN2O2. The molecule has 0 spiro atoms. The third-order valence-corrected chi connectivity index (χ3v) is 4.13. The highest BCUT2D eigenvalue weighted by molar-refractivity contribution is 6.33. The summed E-state index contributed by atoms with van der Waals surface area (Å²) in [4.78, 5) is 12.8. The summed E-state index contributed by atoms with van der Waals surface area (Å²) in [7, 11) is 0. The summed E-state index contributed by atoms with van der Waals surface area (Å²) in [6.07, 6.45) is 1.28. The third-order valence-electron chi connectivity index (χ3n) is 3.80. The first-order valence-electron chi connectivity index (χ1n) is 7.37. The molecule has 0 aliphatic heterocycles. The molecule has 5 heteroatoms. The Morgan fingerprint density at radius 2 is 1.88 bits per heavy atom. The van der Waals surface area contributed by atoms with Gasteiger partial charge in [0.15, 0.2) is 12.0 Å². The summed E-state index contributed by atoms with van der Waals surface area (Å²) in [5.74, 6) is -0.231. The predicted octanol–water partition coefficient (Wildman–Crippen LogP) is 3.76. The predicted molar refractivity (Wildman–Crippen MR) is 94.9 cm³/mol. The van der Waals surface area contributed by atoms with E-state index in [0.717, 1.165) is 5.56 Å². The Kier molecular flexibility index (Phi) is 4.23. The van der Waals surface area contributed by atoms with Crippen LogP contribution in [-0.4, -0.2) is 5.78 Å². The number of halogens is 1. The molecule has 0 atom stereocenters. The van der Waals surface area contributed by atoms with Crippen LogP contribution in [0.3, 0.4) is 0 Å². The molecule has 0 radical (unpaired) electrons. The highest BCUT2D eigenvalue weighted by atomic mass is 35.5. The van der Waals surface area contributed by atoms with E-state index in [2.05, 4.69) is 0 Å². The van der Waals surface area contributed by atoms with Gasteiger partial charge in [-0.1, -0.05) is 47.5 Å². The highest BCUT2D eigenvalue weighted by Crippen LogP contribution is 2.31. The molecule has 0 saturated carbocycles. The summed E-state index contributed by atoms with van der Waals surface area (Å²) < 4.78 is 0.629. The van der Waals surface area contributed by atoms with Gasteiger partial charge in [0.2, 0.25) is 5.69 Å². The number of carbonyl (C=O) groups is 1. The first-order valence-corrected chi connectivity index (χ1v) is 7.74. The van der Waals surface area contributed by atoms with E-state index < -0.39 is 0 Å². The van der Waals surface area contributed by atoms with Crippen molar-refractivity contribution in [3.05, 3.63) is 87.7 Å². The van der Waals surface area contributed by atoms with Crippen LogP contribution < -0.4 is 10.5 Å². The van der Waals surface area contributed by atoms with Crippen molar-refractivity contribution < 1.29 is 9.52 Å². The molecule has 3 aromatic rings. The number of hydrogen-bond acceptors (Lipinski definition) is 3. The zero-order chi connectivity index (χ0) is 17.3. The molecular weight excluding hydrogens is 324 g/mol. The maximum Gasteiger partial charge on any atom is 0.249 e. The lowest BCUT2D eigenvalue weighted by atomic mass is 9.98. The van der Waals surface area contributed by atoms with Crippen molar-refractivity contribution in [3.8, 4) is 11.3 Å². The molecule has 1 heterocycles. The number of aromatic nitrogens is 1. The van der Waals surface area contributed by atoms with Crippen molar-refractivity contribution in [2.24, 2.45) is 0 Å². The van der Waals surface area contributed by atoms with E-state index in [1.165, 1.54) is 12.3 Å². The fourth-order valence-corrected chi connectivity index (χ4v) is 2.83. The smallest absolute Gasteiger partial charge is 0.249 e. The van der Waals surface area contributed by atoms with Crippen molar-refractivity contribution in [3.63, 3.8) is 0 Å². The summed E-state index contributed by atoms with van der Waals surface area (Å²) in [6.45, 7) is 1.91. The van der Waals surface area contributed by atoms with Gasteiger partial charge in [0.1, 0.15) is 5.69 Å². The highest BCUT2D eigenvalue weighted by Gasteiger charge is 2.23. The van der Waals surface area contributed by atoms with Gasteiger partial charge in [-0.25, -0.2) is 0 Å². The standard InChI is InChI=1S/C19H15ClN2O2/c1-12-5-4-6-13(11-12)19(23)15-9-10-22(24)18(17(15)21)14-7-2-3-8-16(14)20/h2-11H,21H2,1H3. The molecule has 4 nitrogen and oxygen atoms in total. The fourth-order valence-electron chi connectivity index (χ4n) is 2.61. The van der Waals surface area contributed by atoms with Gasteiger partial charge in [0.25, 0.3) is 0 Å². The maximum absolute atomic E-state index is 12.8. The van der Waals surface area contributed by atoms with E-state index in [-0.39, 0.29) is 22.7 Å². The molecule has 0 fully saturated rings. The number of hydrogen-bond donors (Lipinski definition) is 1. The summed E-state index contributed by atoms with van der Waals surface area (Å²) in [6, 6.07) is 15.6. The quantitative estimate of drug-likeness (QED) is 0.449. The Morgan fingerprint density at radius 1 is 1.12 bits per heavy atom. The number of nitrogen functional groups attached to an aromatic ring is 1. The maximum atomic E-state index is 12.8. The number of aryl methyl sites for hydroxylation is 1. The number of rotatable bonds is 3. The lowest BCUT2D eigenvalue weighted by Crippen LogP contribution is -2.31. The van der Waals surface area contributed by atoms with Crippen molar-refractivity contribution in [2.45, 2.75) is 6.92 Å². The van der Waals surface area contributed by atoms with Gasteiger partial charge in [-0.15, -0.1) is 0 Å². The van der Waals surface area contributed by atoms with E-state index in [4.69, 9.17) is 17.3 Å². The Morgan fingerprint density at radius 3 is 2.58 bits per heavy atom. The lowest BCUT2D eigenvalue weighted by Gasteiger charge is -2.12. The van der Waals surface area contributed by atoms with Crippen molar-refractivity contribution in [2.75, 3.05) is 5.73 Å². The lowest BCUT2D eigenvalue weighted by molar-refractivity contribution is -0.593. The minimum absolute atomic E-state index is 0.118. The van der Waals surface area contributed by atoms with Crippen LogP contribution in [0.1, 0.15) is 21.5 Å². The number of nitrogens with zero attached hydrogens (tertiary/aromatic N) is 1. The van der Waals surface area contributed by atoms with Gasteiger partial charge in [-0.2, -0.15) is 4.73 Å². The van der Waals surface area contributed by atoms with Crippen molar-refractivity contribution in [1.82, 2.24) is 0 Å². The summed E-state index contributed by atoms with van der Waals surface area (Å²) >= 11 is 6.18. The van der Waals surface area contributed by atoms with Crippen LogP contribution in [0.15, 0.2) is 60.8 Å². The number of ketones is 1. The van der Waals surface area contributed by atoms with Gasteiger partial charge in [-0.05, 0) is 25.1 Å². The number of nitrogens with two attached hydrogens (primary N) is 1. The van der Waals surface area contributed by atoms with Gasteiger partial charge >= 0.3 is 0 Å². The summed E-state index contributed by atoms with van der Waals surface area (Å²) in [5.41, 5.74) is 8.73. The molecule has 2 aromatic carbocycles. The monoisotopic (exact) mass is 338 g/mol. The molecule has 0 bridgehead atoms. The molecule has 0 amide bonds. The van der Waals surface area contributed by atoms with Crippen LogP contribution in [0.5, 0.6) is 0 Å². The number of anilines is 1. The Labute approximate surface area is 144 Å². The van der Waals surface area contributed by atoms with Gasteiger partial charge < -0.3 is 10.9 Å². The molecule has 3 rings (SSSR count). The number of carbonyl (C=O) groups excluding carboxylic acids is 1. The molecule has 0 aliphatic rings. The van der Waals surface area contributed by atoms with Gasteiger partial charge in [-0.3, -0.25) is 4.79 Å². The van der Waals surface area contributed by atoms with Crippen LogP contribution in [0.4, 0.5) is 5.69 Å². The average Bonchev–Trinajstić information content (AvgIpc) is 2.56. The Balaban J connectivity index is 2.17. The van der Waals surface area contributed by atoms with Crippen LogP contribution in [0, 0.1) is 12.1 Å². The summed E-state index contributed by atoms with van der Waals surface area (Å²) in [5, 5.41) is 12.6. The molecule has 0 saturated heterocycles. The van der Waals surface area contributed by atoms with Crippen LogP contribution in [0.2, 0.25) is 5.02 Å². The van der Waals surface area contributed by atoms with E-state index in [0.29, 0.717) is 20.9 Å². The van der Waals surface area contributed by atoms with Crippen LogP contribution in [0.25, 0.3) is 11.3 Å². The third kappa shape index (κ3) is 2.84. The molecule has 2 N–H and O–H groups in total. The minimum Gasteiger partial charge on any atom is -0.618 e. The number of pyridine rings is 1. The van der Waals surface area contributed by atoms with Crippen LogP contribution in [-0.2, 0) is 0 Å². The second kappa shape index (κ2) is 6.34. The van der Waals surface area contributed by atoms with E-state index >= 15 is 0 Å². The zero-order valence-corrected chi connectivity index (χ0v) is 13.7. The molecule has 0 aliphatic carbocycles. The largest absolute Gasteiger partial charge is 0.618 e. The second-order valence-electron chi connectivity index (χ2n) is 5.50. The molecule has 120 valence electrons. The fraction of sp³-hybridized carbons (Fsp3) is 0.0526. The molecule has 0 unspecified atom stereocenters. The second-order valence-corrected chi connectivity index (χ2v) is 5.90. The van der Waals surface area contributed by atoms with Crippen molar-refractivity contribution in [1.29, 1.82) is 0 Å². The Hall–Kier alpha value is -2.85. The molecule has 24 heavy (non-hydrogen) atoms. The van der Waals surface area contributed by atoms with E-state index in [1.807, 2.05) is 19.1 Å². The molecule has 1 aromatic heterocycles. The van der Waals surface area contributed by atoms with Crippen molar-refractivity contribution >= 4 is 23.1 Å². The first-order chi connectivity index (χ1) is 11.5. The number of benzene rings is 2. The first kappa shape index (κ1) is 16.0. The normalized spacial score (nSPS) is 10.6. The van der Waals surface area contributed by atoms with E-state index in [9.17, 15) is 10.0 Å². The topological polar surface area (TPSA) is 70.0 Å². The van der Waals surface area contributed by atoms with Gasteiger partial charge in [0, 0.05) is 11.6 Å². The average molecular weight is 339 g/mol.